The highest BCUT2D eigenvalue weighted by Gasteiger charge is 2.37. The molecule has 0 bridgehead atoms. The van der Waals surface area contributed by atoms with Crippen LogP contribution in [0.1, 0.15) is 34.2 Å². The Kier molecular flexibility index (Phi) is 5.68. The minimum atomic E-state index is -1.48. The molecule has 0 fully saturated rings. The summed E-state index contributed by atoms with van der Waals surface area (Å²) in [5.41, 5.74) is 4.60. The van der Waals surface area contributed by atoms with Crippen molar-refractivity contribution in [3.63, 3.8) is 0 Å². The molecule has 0 atom stereocenters. The van der Waals surface area contributed by atoms with Gasteiger partial charge in [0.2, 0.25) is 5.79 Å². The van der Waals surface area contributed by atoms with Crippen LogP contribution in [0.4, 0.5) is 0 Å². The van der Waals surface area contributed by atoms with Crippen molar-refractivity contribution in [1.82, 2.24) is 0 Å². The van der Waals surface area contributed by atoms with Crippen LogP contribution >= 0.6 is 0 Å². The van der Waals surface area contributed by atoms with Gasteiger partial charge in [-0.1, -0.05) is 91.0 Å². The fourth-order valence-corrected chi connectivity index (χ4v) is 3.53. The summed E-state index contributed by atoms with van der Waals surface area (Å²) in [6.45, 7) is 1.56. The van der Waals surface area contributed by atoms with Gasteiger partial charge in [-0.25, -0.2) is 0 Å². The summed E-state index contributed by atoms with van der Waals surface area (Å²) in [4.78, 5) is 0. The van der Waals surface area contributed by atoms with Crippen molar-refractivity contribution in [1.29, 1.82) is 0 Å². The third-order valence-electron chi connectivity index (χ3n) is 4.95. The molecule has 0 aliphatic heterocycles. The van der Waals surface area contributed by atoms with Crippen LogP contribution in [0.2, 0.25) is 0 Å². The molecule has 0 heterocycles. The van der Waals surface area contributed by atoms with Gasteiger partial charge < -0.3 is 14.6 Å². The van der Waals surface area contributed by atoms with E-state index in [1.807, 2.05) is 91.0 Å². The van der Waals surface area contributed by atoms with Gasteiger partial charge in [0.25, 0.3) is 0 Å². The Bertz CT molecular complexity index is 897. The van der Waals surface area contributed by atoms with Crippen molar-refractivity contribution in [3.05, 3.63) is 107 Å². The van der Waals surface area contributed by atoms with E-state index in [0.717, 1.165) is 27.8 Å². The standard InChI is InChI=1S/C25H24O3/c26-25(28-18-8-17-27-19-20-9-2-1-3-10-20)23-13-6-4-11-21(23)15-16-22-12-5-7-14-24(22)25/h1-7,9-16,26H,8,17-19H2. The molecule has 1 aliphatic rings. The second-order valence-electron chi connectivity index (χ2n) is 6.89. The largest absolute Gasteiger partial charge is 0.377 e. The zero-order valence-electron chi connectivity index (χ0n) is 15.8. The van der Waals surface area contributed by atoms with Gasteiger partial charge in [-0.05, 0) is 23.1 Å². The van der Waals surface area contributed by atoms with Crippen LogP contribution in [-0.4, -0.2) is 18.3 Å². The molecule has 28 heavy (non-hydrogen) atoms. The van der Waals surface area contributed by atoms with Crippen molar-refractivity contribution < 1.29 is 14.6 Å². The Balaban J connectivity index is 1.44. The quantitative estimate of drug-likeness (QED) is 0.469. The van der Waals surface area contributed by atoms with E-state index in [-0.39, 0.29) is 0 Å². The van der Waals surface area contributed by atoms with Crippen LogP contribution in [-0.2, 0) is 21.9 Å². The molecule has 4 rings (SSSR count). The van der Waals surface area contributed by atoms with Crippen LogP contribution in [0.5, 0.6) is 0 Å². The summed E-state index contributed by atoms with van der Waals surface area (Å²) < 4.78 is 11.8. The molecular formula is C25H24O3. The number of aliphatic hydroxyl groups is 1. The maximum atomic E-state index is 11.6. The lowest BCUT2D eigenvalue weighted by Gasteiger charge is -2.31. The molecule has 3 aromatic rings. The van der Waals surface area contributed by atoms with Gasteiger partial charge in [-0.3, -0.25) is 0 Å². The molecule has 0 unspecified atom stereocenters. The number of ether oxygens (including phenoxy) is 2. The van der Waals surface area contributed by atoms with E-state index in [0.29, 0.717) is 26.2 Å². The molecule has 3 aromatic carbocycles. The van der Waals surface area contributed by atoms with E-state index >= 15 is 0 Å². The Morgan fingerprint density at radius 3 is 1.89 bits per heavy atom. The zero-order valence-corrected chi connectivity index (χ0v) is 15.8. The summed E-state index contributed by atoms with van der Waals surface area (Å²) in [7, 11) is 0. The molecule has 1 N–H and O–H groups in total. The average molecular weight is 372 g/mol. The molecule has 3 heteroatoms. The van der Waals surface area contributed by atoms with Gasteiger partial charge in [-0.2, -0.15) is 0 Å². The van der Waals surface area contributed by atoms with Crippen LogP contribution in [0.3, 0.4) is 0 Å². The zero-order chi connectivity index (χ0) is 19.2. The minimum absolute atomic E-state index is 0.397. The van der Waals surface area contributed by atoms with Gasteiger partial charge in [0.15, 0.2) is 0 Å². The molecule has 0 spiro atoms. The summed E-state index contributed by atoms with van der Waals surface area (Å²) in [5, 5.41) is 11.6. The number of benzene rings is 3. The molecule has 0 radical (unpaired) electrons. The Morgan fingerprint density at radius 2 is 1.25 bits per heavy atom. The Morgan fingerprint density at radius 1 is 0.679 bits per heavy atom. The highest BCUT2D eigenvalue weighted by atomic mass is 16.6. The van der Waals surface area contributed by atoms with Crippen molar-refractivity contribution in [3.8, 4) is 0 Å². The lowest BCUT2D eigenvalue weighted by atomic mass is 9.93. The van der Waals surface area contributed by atoms with E-state index in [9.17, 15) is 5.11 Å². The van der Waals surface area contributed by atoms with Gasteiger partial charge in [0.1, 0.15) is 0 Å². The maximum Gasteiger partial charge on any atom is 0.221 e. The van der Waals surface area contributed by atoms with E-state index in [1.54, 1.807) is 0 Å². The normalized spacial score (nSPS) is 14.2. The highest BCUT2D eigenvalue weighted by Crippen LogP contribution is 2.38. The molecule has 1 aliphatic carbocycles. The molecule has 0 aromatic heterocycles. The first-order chi connectivity index (χ1) is 13.8. The fourth-order valence-electron chi connectivity index (χ4n) is 3.53. The predicted octanol–water partition coefficient (Wildman–Crippen LogP) is 4.99. The van der Waals surface area contributed by atoms with E-state index in [4.69, 9.17) is 9.47 Å². The molecule has 0 amide bonds. The summed E-state index contributed by atoms with van der Waals surface area (Å²) >= 11 is 0. The van der Waals surface area contributed by atoms with Gasteiger partial charge in [-0.15, -0.1) is 0 Å². The number of fused-ring (bicyclic) bond motifs is 2. The first-order valence-electron chi connectivity index (χ1n) is 9.62. The van der Waals surface area contributed by atoms with Crippen molar-refractivity contribution in [2.24, 2.45) is 0 Å². The van der Waals surface area contributed by atoms with Crippen molar-refractivity contribution >= 4 is 12.2 Å². The van der Waals surface area contributed by atoms with Crippen LogP contribution in [0.15, 0.2) is 78.9 Å². The summed E-state index contributed by atoms with van der Waals surface area (Å²) in [6, 6.07) is 25.7. The minimum Gasteiger partial charge on any atom is -0.377 e. The maximum absolute atomic E-state index is 11.6. The first kappa shape index (κ1) is 18.6. The third-order valence-corrected chi connectivity index (χ3v) is 4.95. The monoisotopic (exact) mass is 372 g/mol. The van der Waals surface area contributed by atoms with Crippen LogP contribution in [0, 0.1) is 0 Å². The molecule has 142 valence electrons. The van der Waals surface area contributed by atoms with E-state index < -0.39 is 5.79 Å². The SMILES string of the molecule is OC1(OCCCOCc2ccccc2)c2ccccc2C=Cc2ccccc21. The van der Waals surface area contributed by atoms with Gasteiger partial charge in [0, 0.05) is 17.7 Å². The molecule has 3 nitrogen and oxygen atoms in total. The van der Waals surface area contributed by atoms with Crippen LogP contribution < -0.4 is 0 Å². The lowest BCUT2D eigenvalue weighted by molar-refractivity contribution is -0.182. The van der Waals surface area contributed by atoms with Crippen molar-refractivity contribution in [2.75, 3.05) is 13.2 Å². The van der Waals surface area contributed by atoms with E-state index in [2.05, 4.69) is 0 Å². The van der Waals surface area contributed by atoms with Gasteiger partial charge in [0.05, 0.1) is 13.2 Å². The summed E-state index contributed by atoms with van der Waals surface area (Å²) in [6.07, 6.45) is 4.75. The highest BCUT2D eigenvalue weighted by molar-refractivity contribution is 5.76. The summed E-state index contributed by atoms with van der Waals surface area (Å²) in [5.74, 6) is -1.48. The predicted molar refractivity (Wildman–Crippen MR) is 111 cm³/mol. The number of hydrogen-bond donors (Lipinski definition) is 1. The lowest BCUT2D eigenvalue weighted by Crippen LogP contribution is -2.32. The molecular weight excluding hydrogens is 348 g/mol. The second kappa shape index (κ2) is 8.53. The number of rotatable bonds is 7. The first-order valence-corrected chi connectivity index (χ1v) is 9.62. The topological polar surface area (TPSA) is 38.7 Å². The Labute approximate surface area is 165 Å². The smallest absolute Gasteiger partial charge is 0.221 e. The van der Waals surface area contributed by atoms with Crippen LogP contribution in [0.25, 0.3) is 12.2 Å². The third kappa shape index (κ3) is 3.92. The second-order valence-corrected chi connectivity index (χ2v) is 6.89. The molecule has 0 saturated carbocycles. The van der Waals surface area contributed by atoms with Crippen molar-refractivity contribution in [2.45, 2.75) is 18.8 Å². The Hall–Kier alpha value is -2.72. The van der Waals surface area contributed by atoms with Gasteiger partial charge >= 0.3 is 0 Å². The fraction of sp³-hybridized carbons (Fsp3) is 0.200. The molecule has 0 saturated heterocycles. The average Bonchev–Trinajstić information content (AvgIpc) is 2.87. The van der Waals surface area contributed by atoms with E-state index in [1.165, 1.54) is 0 Å². The number of hydrogen-bond acceptors (Lipinski definition) is 3.